The molecule has 3 rings (SSSR count). The van der Waals surface area contributed by atoms with Gasteiger partial charge in [0.15, 0.2) is 0 Å². The summed E-state index contributed by atoms with van der Waals surface area (Å²) in [4.78, 5) is 0. The second-order valence-corrected chi connectivity index (χ2v) is 9.09. The van der Waals surface area contributed by atoms with E-state index < -0.39 is 0 Å². The quantitative estimate of drug-likeness (QED) is 0.254. The van der Waals surface area contributed by atoms with Crippen LogP contribution in [-0.2, 0) is 18.0 Å². The molecule has 1 saturated heterocycles. The molecule has 2 atom stereocenters. The Balaban J connectivity index is 0.000000448. The van der Waals surface area contributed by atoms with E-state index in [1.807, 2.05) is 0 Å². The molecular weight excluding hydrogens is 452 g/mol. The molecule has 0 spiro atoms. The molecule has 0 radical (unpaired) electrons. The summed E-state index contributed by atoms with van der Waals surface area (Å²) in [7, 11) is 0. The van der Waals surface area contributed by atoms with Gasteiger partial charge in [-0.1, -0.05) is 31.2 Å². The zero-order chi connectivity index (χ0) is 26.3. The number of hydrogen-bond acceptors (Lipinski definition) is 8. The average Bonchev–Trinajstić information content (AvgIpc) is 3.41. The van der Waals surface area contributed by atoms with E-state index in [0.29, 0.717) is 31.2 Å². The molecule has 1 aliphatic heterocycles. The van der Waals surface area contributed by atoms with Crippen LogP contribution in [0.25, 0.3) is 0 Å². The third-order valence-electron chi connectivity index (χ3n) is 6.29. The first kappa shape index (κ1) is 33.9. The Bertz CT molecular complexity index is 512. The number of rotatable bonds is 9. The zero-order valence-electron chi connectivity index (χ0n) is 21.5. The Kier molecular flexibility index (Phi) is 22.6. The average molecular weight is 503 g/mol. The highest BCUT2D eigenvalue weighted by Gasteiger charge is 2.22. The van der Waals surface area contributed by atoms with Crippen LogP contribution in [0.3, 0.4) is 0 Å². The van der Waals surface area contributed by atoms with Crippen LogP contribution in [0.15, 0.2) is 24.3 Å². The van der Waals surface area contributed by atoms with Crippen molar-refractivity contribution in [3.05, 3.63) is 35.4 Å². The minimum atomic E-state index is 0.0612. The Morgan fingerprint density at radius 2 is 1.00 bits per heavy atom. The van der Waals surface area contributed by atoms with Crippen LogP contribution in [0.2, 0.25) is 0 Å². The van der Waals surface area contributed by atoms with Crippen molar-refractivity contribution in [2.75, 3.05) is 33.0 Å². The second kappa shape index (κ2) is 23.3. The third-order valence-corrected chi connectivity index (χ3v) is 6.29. The Morgan fingerprint density at radius 1 is 0.600 bits per heavy atom. The van der Waals surface area contributed by atoms with Gasteiger partial charge in [0, 0.05) is 26.4 Å². The maximum atomic E-state index is 8.79. The van der Waals surface area contributed by atoms with Crippen molar-refractivity contribution >= 4 is 0 Å². The van der Waals surface area contributed by atoms with E-state index in [2.05, 4.69) is 6.92 Å². The Morgan fingerprint density at radius 3 is 1.23 bits per heavy atom. The first-order chi connectivity index (χ1) is 17.0. The van der Waals surface area contributed by atoms with Gasteiger partial charge in [0.1, 0.15) is 0 Å². The van der Waals surface area contributed by atoms with Crippen LogP contribution < -0.4 is 0 Å². The SMILES string of the molecule is CCC1CCC(CO)O1.OCC1CCC(CO)CC1.OCCCCO.OCc1ccc(CO)cc1. The van der Waals surface area contributed by atoms with Crippen molar-refractivity contribution in [3.8, 4) is 0 Å². The van der Waals surface area contributed by atoms with Crippen LogP contribution in [0.4, 0.5) is 0 Å². The lowest BCUT2D eigenvalue weighted by molar-refractivity contribution is 0.0106. The summed E-state index contributed by atoms with van der Waals surface area (Å²) in [5, 5.41) is 59.7. The molecule has 0 amide bonds. The molecule has 1 saturated carbocycles. The van der Waals surface area contributed by atoms with Gasteiger partial charge in [-0.25, -0.2) is 0 Å². The largest absolute Gasteiger partial charge is 0.396 e. The number of aliphatic hydroxyl groups excluding tert-OH is 7. The van der Waals surface area contributed by atoms with E-state index >= 15 is 0 Å². The minimum absolute atomic E-state index is 0.0612. The maximum absolute atomic E-state index is 8.79. The number of ether oxygens (including phenoxy) is 1. The molecule has 8 heteroatoms. The van der Waals surface area contributed by atoms with Crippen LogP contribution in [-0.4, -0.2) is 81.0 Å². The molecule has 0 aromatic heterocycles. The standard InChI is InChI=1S/C8H16O2.C8H10O2.C7H14O2.C4H10O2/c2*9-5-7-1-2-8(6-10)4-3-7;1-2-6-3-4-7(5-8)9-6;5-3-1-2-4-6/h7-10H,1-6H2;1-4,9-10H,5-6H2;6-8H,2-5H2,1H3;5-6H,1-4H2. The highest BCUT2D eigenvalue weighted by molar-refractivity contribution is 5.21. The summed E-state index contributed by atoms with van der Waals surface area (Å²) in [6.07, 6.45) is 9.63. The van der Waals surface area contributed by atoms with Crippen LogP contribution in [0, 0.1) is 11.8 Å². The van der Waals surface area contributed by atoms with Crippen LogP contribution >= 0.6 is 0 Å². The summed E-state index contributed by atoms with van der Waals surface area (Å²) >= 11 is 0. The number of hydrogen-bond donors (Lipinski definition) is 7. The Labute approximate surface area is 211 Å². The first-order valence-electron chi connectivity index (χ1n) is 13.0. The van der Waals surface area contributed by atoms with Gasteiger partial charge in [-0.05, 0) is 80.8 Å². The van der Waals surface area contributed by atoms with Crippen LogP contribution in [0.1, 0.15) is 75.8 Å². The number of unbranched alkanes of at least 4 members (excludes halogenated alkanes) is 1. The third kappa shape index (κ3) is 17.1. The van der Waals surface area contributed by atoms with Crippen molar-refractivity contribution < 1.29 is 40.5 Å². The second-order valence-electron chi connectivity index (χ2n) is 9.09. The van der Waals surface area contributed by atoms with Crippen molar-refractivity contribution in [2.45, 2.75) is 90.1 Å². The van der Waals surface area contributed by atoms with Gasteiger partial charge in [0.25, 0.3) is 0 Å². The summed E-state index contributed by atoms with van der Waals surface area (Å²) < 4.78 is 5.41. The predicted molar refractivity (Wildman–Crippen MR) is 137 cm³/mol. The fourth-order valence-electron chi connectivity index (χ4n) is 3.79. The van der Waals surface area contributed by atoms with Gasteiger partial charge in [0.05, 0.1) is 32.0 Å². The molecule has 0 bridgehead atoms. The molecule has 2 aliphatic rings. The molecule has 8 nitrogen and oxygen atoms in total. The topological polar surface area (TPSA) is 151 Å². The maximum Gasteiger partial charge on any atom is 0.0810 e. The molecule has 2 fully saturated rings. The van der Waals surface area contributed by atoms with E-state index in [1.54, 1.807) is 24.3 Å². The predicted octanol–water partition coefficient (Wildman–Crippen LogP) is 2.14. The minimum Gasteiger partial charge on any atom is -0.396 e. The molecule has 7 N–H and O–H groups in total. The molecule has 35 heavy (non-hydrogen) atoms. The molecule has 2 unspecified atom stereocenters. The summed E-state index contributed by atoms with van der Waals surface area (Å²) in [6.45, 7) is 3.48. The van der Waals surface area contributed by atoms with Gasteiger partial charge in [0.2, 0.25) is 0 Å². The van der Waals surface area contributed by atoms with Gasteiger partial charge in [-0.3, -0.25) is 0 Å². The van der Waals surface area contributed by atoms with E-state index in [-0.39, 0.29) is 39.1 Å². The lowest BCUT2D eigenvalue weighted by Gasteiger charge is -2.25. The Hall–Kier alpha value is -1.10. The fraction of sp³-hybridized carbons (Fsp3) is 0.778. The lowest BCUT2D eigenvalue weighted by Crippen LogP contribution is -2.19. The van der Waals surface area contributed by atoms with Crippen LogP contribution in [0.5, 0.6) is 0 Å². The van der Waals surface area contributed by atoms with Gasteiger partial charge >= 0.3 is 0 Å². The van der Waals surface area contributed by atoms with Crippen molar-refractivity contribution in [1.82, 2.24) is 0 Å². The van der Waals surface area contributed by atoms with E-state index in [9.17, 15) is 0 Å². The first-order valence-corrected chi connectivity index (χ1v) is 13.0. The van der Waals surface area contributed by atoms with Crippen molar-refractivity contribution in [1.29, 1.82) is 0 Å². The number of benzene rings is 1. The van der Waals surface area contributed by atoms with Gasteiger partial charge < -0.3 is 40.5 Å². The monoisotopic (exact) mass is 502 g/mol. The lowest BCUT2D eigenvalue weighted by atomic mass is 9.83. The molecule has 206 valence electrons. The van der Waals surface area contributed by atoms with Crippen molar-refractivity contribution in [3.63, 3.8) is 0 Å². The van der Waals surface area contributed by atoms with E-state index in [1.165, 1.54) is 0 Å². The van der Waals surface area contributed by atoms with Gasteiger partial charge in [-0.2, -0.15) is 0 Å². The smallest absolute Gasteiger partial charge is 0.0810 e. The summed E-state index contributed by atoms with van der Waals surface area (Å²) in [6, 6.07) is 7.19. The highest BCUT2D eigenvalue weighted by Crippen LogP contribution is 2.27. The molecule has 1 heterocycles. The number of aliphatic hydroxyl groups is 7. The van der Waals surface area contributed by atoms with E-state index in [4.69, 9.17) is 40.5 Å². The highest BCUT2D eigenvalue weighted by atomic mass is 16.5. The molecule has 1 aromatic rings. The van der Waals surface area contributed by atoms with Crippen molar-refractivity contribution in [2.24, 2.45) is 11.8 Å². The molecular formula is C27H50O8. The zero-order valence-corrected chi connectivity index (χ0v) is 21.5. The summed E-state index contributed by atoms with van der Waals surface area (Å²) in [5.41, 5.74) is 1.74. The molecule has 1 aliphatic carbocycles. The molecule has 1 aromatic carbocycles. The normalized spacial score (nSPS) is 23.2. The fourth-order valence-corrected chi connectivity index (χ4v) is 3.79. The van der Waals surface area contributed by atoms with E-state index in [0.717, 1.165) is 68.9 Å². The van der Waals surface area contributed by atoms with Gasteiger partial charge in [-0.15, -0.1) is 0 Å². The summed E-state index contributed by atoms with van der Waals surface area (Å²) in [5.74, 6) is 1.03.